The van der Waals surface area contributed by atoms with E-state index in [0.29, 0.717) is 5.65 Å². The minimum atomic E-state index is -3.69. The normalized spacial score (nSPS) is 13.6. The molecular formula is C14H22N4O2S. The van der Waals surface area contributed by atoms with E-state index >= 15 is 0 Å². The first-order chi connectivity index (χ1) is 9.95. The number of hydrogen-bond donors (Lipinski definition) is 2. The Bertz CT molecular complexity index is 709. The van der Waals surface area contributed by atoms with Gasteiger partial charge in [-0.3, -0.25) is 4.40 Å². The quantitative estimate of drug-likeness (QED) is 0.767. The monoisotopic (exact) mass is 310 g/mol. The topological polar surface area (TPSA) is 89.5 Å². The van der Waals surface area contributed by atoms with E-state index in [1.165, 1.54) is 4.40 Å². The van der Waals surface area contributed by atoms with Gasteiger partial charge in [0.15, 0.2) is 10.8 Å². The third-order valence-electron chi connectivity index (χ3n) is 3.36. The molecule has 2 heterocycles. The van der Waals surface area contributed by atoms with Crippen molar-refractivity contribution in [2.24, 2.45) is 0 Å². The molecule has 0 aliphatic heterocycles. The first-order valence-corrected chi connectivity index (χ1v) is 8.69. The minimum Gasteiger partial charge on any atom is -0.381 e. The Morgan fingerprint density at radius 2 is 2.14 bits per heavy atom. The Balaban J connectivity index is 2.24. The van der Waals surface area contributed by atoms with Gasteiger partial charge in [0.1, 0.15) is 5.65 Å². The van der Waals surface area contributed by atoms with Crippen molar-refractivity contribution >= 4 is 21.5 Å². The van der Waals surface area contributed by atoms with Gasteiger partial charge >= 0.3 is 0 Å². The van der Waals surface area contributed by atoms with Crippen LogP contribution in [-0.2, 0) is 10.0 Å². The number of hydrogen-bond acceptors (Lipinski definition) is 4. The number of nitrogen functional groups attached to an aromatic ring is 1. The molecular weight excluding hydrogens is 288 g/mol. The van der Waals surface area contributed by atoms with E-state index in [1.807, 2.05) is 6.92 Å². The van der Waals surface area contributed by atoms with E-state index in [9.17, 15) is 8.42 Å². The lowest BCUT2D eigenvalue weighted by atomic mass is 10.1. The van der Waals surface area contributed by atoms with Crippen LogP contribution in [0.3, 0.4) is 0 Å². The average molecular weight is 310 g/mol. The van der Waals surface area contributed by atoms with Gasteiger partial charge in [0.25, 0.3) is 10.0 Å². The molecule has 2 aromatic heterocycles. The lowest BCUT2D eigenvalue weighted by molar-refractivity contribution is 0.525. The van der Waals surface area contributed by atoms with Gasteiger partial charge in [-0.2, -0.15) is 0 Å². The molecule has 1 unspecified atom stereocenters. The van der Waals surface area contributed by atoms with Crippen LogP contribution in [0.2, 0.25) is 0 Å². The summed E-state index contributed by atoms with van der Waals surface area (Å²) in [6.07, 6.45) is 5.67. The summed E-state index contributed by atoms with van der Waals surface area (Å²) < 4.78 is 29.2. The highest BCUT2D eigenvalue weighted by Gasteiger charge is 2.25. The number of unbranched alkanes of at least 4 members (excludes halogenated alkanes) is 2. The highest BCUT2D eigenvalue weighted by Crippen LogP contribution is 2.20. The summed E-state index contributed by atoms with van der Waals surface area (Å²) in [5.41, 5.74) is 6.31. The van der Waals surface area contributed by atoms with Crippen LogP contribution in [0.1, 0.15) is 39.5 Å². The van der Waals surface area contributed by atoms with Gasteiger partial charge in [-0.25, -0.2) is 18.1 Å². The summed E-state index contributed by atoms with van der Waals surface area (Å²) in [4.78, 5) is 4.08. The number of pyridine rings is 1. The number of rotatable bonds is 7. The molecule has 21 heavy (non-hydrogen) atoms. The second-order valence-electron chi connectivity index (χ2n) is 5.25. The molecule has 0 bridgehead atoms. The molecule has 0 fully saturated rings. The predicted molar refractivity (Wildman–Crippen MR) is 83.5 cm³/mol. The van der Waals surface area contributed by atoms with Crippen LogP contribution in [-0.4, -0.2) is 23.8 Å². The molecule has 2 rings (SSSR count). The number of nitrogens with one attached hydrogen (secondary N) is 1. The average Bonchev–Trinajstić information content (AvgIpc) is 2.74. The van der Waals surface area contributed by atoms with Crippen LogP contribution >= 0.6 is 0 Å². The van der Waals surface area contributed by atoms with Crippen molar-refractivity contribution in [3.63, 3.8) is 0 Å². The third-order valence-corrected chi connectivity index (χ3v) is 4.99. The van der Waals surface area contributed by atoms with E-state index < -0.39 is 10.0 Å². The number of aromatic nitrogens is 2. The number of fused-ring (bicyclic) bond motifs is 1. The highest BCUT2D eigenvalue weighted by atomic mass is 32.2. The maximum Gasteiger partial charge on any atom is 0.260 e. The number of nitrogens with zero attached hydrogens (tertiary/aromatic N) is 2. The second-order valence-corrected chi connectivity index (χ2v) is 6.88. The molecule has 0 radical (unpaired) electrons. The van der Waals surface area contributed by atoms with Crippen LogP contribution in [0.15, 0.2) is 29.4 Å². The molecule has 0 aliphatic rings. The summed E-state index contributed by atoms with van der Waals surface area (Å²) in [5, 5.41) is 0.0143. The largest absolute Gasteiger partial charge is 0.381 e. The van der Waals surface area contributed by atoms with Gasteiger partial charge < -0.3 is 5.73 Å². The van der Waals surface area contributed by atoms with Gasteiger partial charge in [0.2, 0.25) is 0 Å². The van der Waals surface area contributed by atoms with E-state index in [0.717, 1.165) is 25.7 Å². The molecule has 0 saturated carbocycles. The van der Waals surface area contributed by atoms with Gasteiger partial charge in [-0.1, -0.05) is 32.3 Å². The zero-order chi connectivity index (χ0) is 15.5. The smallest absolute Gasteiger partial charge is 0.260 e. The van der Waals surface area contributed by atoms with Crippen LogP contribution in [0, 0.1) is 0 Å². The fourth-order valence-electron chi connectivity index (χ4n) is 2.34. The molecule has 3 N–H and O–H groups in total. The third kappa shape index (κ3) is 3.54. The Hall–Kier alpha value is -1.60. The van der Waals surface area contributed by atoms with E-state index in [1.54, 1.807) is 24.4 Å². The molecule has 0 aliphatic carbocycles. The lowest BCUT2D eigenvalue weighted by Crippen LogP contribution is -2.33. The summed E-state index contributed by atoms with van der Waals surface area (Å²) in [5.74, 6) is 0.0226. The van der Waals surface area contributed by atoms with Crippen molar-refractivity contribution in [3.8, 4) is 0 Å². The summed E-state index contributed by atoms with van der Waals surface area (Å²) in [6, 6.07) is 5.13. The number of imidazole rings is 1. The fraction of sp³-hybridized carbons (Fsp3) is 0.500. The molecule has 0 aromatic carbocycles. The molecule has 116 valence electrons. The molecule has 2 aromatic rings. The first-order valence-electron chi connectivity index (χ1n) is 7.20. The lowest BCUT2D eigenvalue weighted by Gasteiger charge is -2.14. The van der Waals surface area contributed by atoms with Crippen LogP contribution < -0.4 is 10.5 Å². The van der Waals surface area contributed by atoms with Gasteiger partial charge in [0, 0.05) is 12.2 Å². The SMILES string of the molecule is CCCCCC(C)NS(=O)(=O)c1c(N)nc2ccccn12. The fourth-order valence-corrected chi connectivity index (χ4v) is 3.83. The Labute approximate surface area is 125 Å². The first kappa shape index (κ1) is 15.8. The maximum absolute atomic E-state index is 12.5. The molecule has 6 nitrogen and oxygen atoms in total. The van der Waals surface area contributed by atoms with Gasteiger partial charge in [-0.05, 0) is 25.5 Å². The van der Waals surface area contributed by atoms with Gasteiger partial charge in [-0.15, -0.1) is 0 Å². The van der Waals surface area contributed by atoms with Crippen molar-refractivity contribution in [1.29, 1.82) is 0 Å². The number of anilines is 1. The van der Waals surface area contributed by atoms with Crippen molar-refractivity contribution in [2.45, 2.75) is 50.6 Å². The van der Waals surface area contributed by atoms with E-state index in [4.69, 9.17) is 5.73 Å². The molecule has 0 saturated heterocycles. The number of sulfonamides is 1. The Morgan fingerprint density at radius 1 is 1.38 bits per heavy atom. The Kier molecular flexibility index (Phi) is 4.84. The van der Waals surface area contributed by atoms with E-state index in [2.05, 4.69) is 16.6 Å². The predicted octanol–water partition coefficient (Wildman–Crippen LogP) is 2.16. The summed E-state index contributed by atoms with van der Waals surface area (Å²) in [7, 11) is -3.69. The van der Waals surface area contributed by atoms with Crippen molar-refractivity contribution < 1.29 is 8.42 Å². The minimum absolute atomic E-state index is 0.0143. The molecule has 0 amide bonds. The zero-order valence-electron chi connectivity index (χ0n) is 12.4. The Morgan fingerprint density at radius 3 is 2.86 bits per heavy atom. The second kappa shape index (κ2) is 6.44. The summed E-state index contributed by atoms with van der Waals surface area (Å²) >= 11 is 0. The van der Waals surface area contributed by atoms with Crippen LogP contribution in [0.25, 0.3) is 5.65 Å². The van der Waals surface area contributed by atoms with Crippen molar-refractivity contribution in [2.75, 3.05) is 5.73 Å². The van der Waals surface area contributed by atoms with Gasteiger partial charge in [0.05, 0.1) is 0 Å². The standard InChI is InChI=1S/C14H22N4O2S/c1-3-4-5-8-11(2)17-21(19,20)14-13(15)16-12-9-6-7-10-18(12)14/h6-7,9-11,17H,3-5,8,15H2,1-2H3. The maximum atomic E-state index is 12.5. The van der Waals surface area contributed by atoms with E-state index in [-0.39, 0.29) is 16.9 Å². The summed E-state index contributed by atoms with van der Waals surface area (Å²) in [6.45, 7) is 3.99. The zero-order valence-corrected chi connectivity index (χ0v) is 13.2. The molecule has 0 spiro atoms. The van der Waals surface area contributed by atoms with Crippen LogP contribution in [0.5, 0.6) is 0 Å². The molecule has 7 heteroatoms. The number of nitrogens with two attached hydrogens (primary N) is 1. The highest BCUT2D eigenvalue weighted by molar-refractivity contribution is 7.89. The van der Waals surface area contributed by atoms with Crippen LogP contribution in [0.4, 0.5) is 5.82 Å². The molecule has 1 atom stereocenters. The van der Waals surface area contributed by atoms with Crippen molar-refractivity contribution in [1.82, 2.24) is 14.1 Å². The van der Waals surface area contributed by atoms with Crippen molar-refractivity contribution in [3.05, 3.63) is 24.4 Å².